The standard InChI is InChI=1S/C11H20O2/c1-8-4-9(2)6-10(5-8)7-11(12)13-3/h8-10H,4-7H2,1-3H3. The highest BCUT2D eigenvalue weighted by Gasteiger charge is 2.25. The first kappa shape index (κ1) is 10.6. The minimum atomic E-state index is -0.0497. The van der Waals surface area contributed by atoms with Crippen LogP contribution in [0.1, 0.15) is 39.5 Å². The van der Waals surface area contributed by atoms with E-state index in [1.165, 1.54) is 26.4 Å². The van der Waals surface area contributed by atoms with Crippen LogP contribution in [-0.4, -0.2) is 13.1 Å². The lowest BCUT2D eigenvalue weighted by Gasteiger charge is -2.30. The summed E-state index contributed by atoms with van der Waals surface area (Å²) in [5.41, 5.74) is 0. The van der Waals surface area contributed by atoms with Gasteiger partial charge in [0.15, 0.2) is 0 Å². The molecule has 0 aromatic carbocycles. The lowest BCUT2D eigenvalue weighted by Crippen LogP contribution is -2.22. The van der Waals surface area contributed by atoms with Crippen molar-refractivity contribution in [3.8, 4) is 0 Å². The quantitative estimate of drug-likeness (QED) is 0.617. The van der Waals surface area contributed by atoms with Crippen molar-refractivity contribution in [2.75, 3.05) is 7.11 Å². The number of carbonyl (C=O) groups excluding carboxylic acids is 1. The van der Waals surface area contributed by atoms with Gasteiger partial charge < -0.3 is 4.74 Å². The lowest BCUT2D eigenvalue weighted by molar-refractivity contribution is -0.142. The molecule has 0 saturated heterocycles. The summed E-state index contributed by atoms with van der Waals surface area (Å²) in [5.74, 6) is 2.06. The molecule has 1 aliphatic carbocycles. The van der Waals surface area contributed by atoms with Crippen LogP contribution in [0.25, 0.3) is 0 Å². The van der Waals surface area contributed by atoms with Gasteiger partial charge in [-0.2, -0.15) is 0 Å². The third kappa shape index (κ3) is 3.37. The summed E-state index contributed by atoms with van der Waals surface area (Å²) < 4.78 is 4.68. The Bertz CT molecular complexity index is 167. The van der Waals surface area contributed by atoms with Crippen LogP contribution in [0.2, 0.25) is 0 Å². The number of methoxy groups -OCH3 is 1. The first-order valence-electron chi connectivity index (χ1n) is 5.18. The predicted molar refractivity (Wildman–Crippen MR) is 52.3 cm³/mol. The second-order valence-corrected chi connectivity index (χ2v) is 4.56. The summed E-state index contributed by atoms with van der Waals surface area (Å²) >= 11 is 0. The number of ether oxygens (including phenoxy) is 1. The van der Waals surface area contributed by atoms with E-state index in [9.17, 15) is 4.79 Å². The highest BCUT2D eigenvalue weighted by molar-refractivity contribution is 5.69. The van der Waals surface area contributed by atoms with Crippen LogP contribution < -0.4 is 0 Å². The fraction of sp³-hybridized carbons (Fsp3) is 0.909. The molecule has 2 atom stereocenters. The molecule has 1 fully saturated rings. The van der Waals surface area contributed by atoms with Gasteiger partial charge in [-0.1, -0.05) is 13.8 Å². The summed E-state index contributed by atoms with van der Waals surface area (Å²) in [6.45, 7) is 4.56. The molecule has 0 N–H and O–H groups in total. The van der Waals surface area contributed by atoms with E-state index in [0.717, 1.165) is 11.8 Å². The lowest BCUT2D eigenvalue weighted by atomic mass is 9.75. The zero-order valence-corrected chi connectivity index (χ0v) is 8.88. The molecular formula is C11H20O2. The maximum absolute atomic E-state index is 11.1. The number of carbonyl (C=O) groups is 1. The average Bonchev–Trinajstić information content (AvgIpc) is 2.02. The Hall–Kier alpha value is -0.530. The van der Waals surface area contributed by atoms with Gasteiger partial charge in [-0.05, 0) is 37.0 Å². The van der Waals surface area contributed by atoms with Gasteiger partial charge in [-0.15, -0.1) is 0 Å². The molecule has 2 nitrogen and oxygen atoms in total. The van der Waals surface area contributed by atoms with Crippen LogP contribution in [-0.2, 0) is 9.53 Å². The second kappa shape index (κ2) is 4.64. The zero-order chi connectivity index (χ0) is 9.84. The Morgan fingerprint density at radius 3 is 2.23 bits per heavy atom. The SMILES string of the molecule is COC(=O)CC1CC(C)CC(C)C1. The number of rotatable bonds is 2. The van der Waals surface area contributed by atoms with Crippen LogP contribution in [0, 0.1) is 17.8 Å². The van der Waals surface area contributed by atoms with Gasteiger partial charge in [-0.3, -0.25) is 4.79 Å². The molecule has 1 saturated carbocycles. The molecule has 0 bridgehead atoms. The molecule has 0 aromatic heterocycles. The summed E-state index contributed by atoms with van der Waals surface area (Å²) in [4.78, 5) is 11.1. The summed E-state index contributed by atoms with van der Waals surface area (Å²) in [5, 5.41) is 0. The molecule has 0 aromatic rings. The maximum atomic E-state index is 11.1. The Labute approximate surface area is 80.7 Å². The molecule has 1 rings (SSSR count). The van der Waals surface area contributed by atoms with E-state index in [-0.39, 0.29) is 5.97 Å². The summed E-state index contributed by atoms with van der Waals surface area (Å²) in [6, 6.07) is 0. The third-order valence-corrected chi connectivity index (χ3v) is 2.96. The summed E-state index contributed by atoms with van der Waals surface area (Å²) in [7, 11) is 1.47. The van der Waals surface area contributed by atoms with Gasteiger partial charge in [0.05, 0.1) is 7.11 Å². The van der Waals surface area contributed by atoms with Gasteiger partial charge in [0.2, 0.25) is 0 Å². The van der Waals surface area contributed by atoms with Gasteiger partial charge in [0.1, 0.15) is 0 Å². The predicted octanol–water partition coefficient (Wildman–Crippen LogP) is 2.62. The van der Waals surface area contributed by atoms with E-state index in [1.54, 1.807) is 0 Å². The molecule has 0 radical (unpaired) electrons. The van der Waals surface area contributed by atoms with E-state index in [4.69, 9.17) is 0 Å². The smallest absolute Gasteiger partial charge is 0.305 e. The first-order valence-corrected chi connectivity index (χ1v) is 5.18. The van der Waals surface area contributed by atoms with Crippen molar-refractivity contribution in [2.24, 2.45) is 17.8 Å². The van der Waals surface area contributed by atoms with Crippen molar-refractivity contribution in [1.29, 1.82) is 0 Å². The van der Waals surface area contributed by atoms with E-state index in [2.05, 4.69) is 18.6 Å². The Kier molecular flexibility index (Phi) is 3.76. The number of hydrogen-bond donors (Lipinski definition) is 0. The topological polar surface area (TPSA) is 26.3 Å². The van der Waals surface area contributed by atoms with Crippen molar-refractivity contribution < 1.29 is 9.53 Å². The molecule has 76 valence electrons. The van der Waals surface area contributed by atoms with Crippen molar-refractivity contribution in [2.45, 2.75) is 39.5 Å². The largest absolute Gasteiger partial charge is 0.469 e. The van der Waals surface area contributed by atoms with Gasteiger partial charge in [0, 0.05) is 6.42 Å². The highest BCUT2D eigenvalue weighted by atomic mass is 16.5. The molecule has 0 aliphatic heterocycles. The van der Waals surface area contributed by atoms with E-state index < -0.39 is 0 Å². The number of hydrogen-bond acceptors (Lipinski definition) is 2. The molecule has 13 heavy (non-hydrogen) atoms. The van der Waals surface area contributed by atoms with Crippen LogP contribution >= 0.6 is 0 Å². The Morgan fingerprint density at radius 1 is 1.23 bits per heavy atom. The molecule has 0 amide bonds. The first-order chi connectivity index (χ1) is 6.11. The van der Waals surface area contributed by atoms with Crippen LogP contribution in [0.15, 0.2) is 0 Å². The van der Waals surface area contributed by atoms with Crippen LogP contribution in [0.3, 0.4) is 0 Å². The fourth-order valence-corrected chi connectivity index (χ4v) is 2.60. The Balaban J connectivity index is 2.37. The molecular weight excluding hydrogens is 164 g/mol. The van der Waals surface area contributed by atoms with E-state index in [0.29, 0.717) is 12.3 Å². The number of esters is 1. The Morgan fingerprint density at radius 2 is 1.77 bits per heavy atom. The highest BCUT2D eigenvalue weighted by Crippen LogP contribution is 2.34. The van der Waals surface area contributed by atoms with Crippen LogP contribution in [0.5, 0.6) is 0 Å². The van der Waals surface area contributed by atoms with E-state index >= 15 is 0 Å². The van der Waals surface area contributed by atoms with Gasteiger partial charge >= 0.3 is 5.97 Å². The monoisotopic (exact) mass is 184 g/mol. The molecule has 0 heterocycles. The minimum absolute atomic E-state index is 0.0497. The molecule has 2 heteroatoms. The molecule has 0 spiro atoms. The fourth-order valence-electron chi connectivity index (χ4n) is 2.60. The van der Waals surface area contributed by atoms with Gasteiger partial charge in [-0.25, -0.2) is 0 Å². The normalized spacial score (nSPS) is 34.2. The van der Waals surface area contributed by atoms with Crippen LogP contribution in [0.4, 0.5) is 0 Å². The zero-order valence-electron chi connectivity index (χ0n) is 8.88. The van der Waals surface area contributed by atoms with E-state index in [1.807, 2.05) is 0 Å². The second-order valence-electron chi connectivity index (χ2n) is 4.56. The van der Waals surface area contributed by atoms with Crippen molar-refractivity contribution in [3.05, 3.63) is 0 Å². The average molecular weight is 184 g/mol. The van der Waals surface area contributed by atoms with Gasteiger partial charge in [0.25, 0.3) is 0 Å². The summed E-state index contributed by atoms with van der Waals surface area (Å²) in [6.07, 6.45) is 4.32. The molecule has 1 aliphatic rings. The third-order valence-electron chi connectivity index (χ3n) is 2.96. The van der Waals surface area contributed by atoms with Crippen molar-refractivity contribution in [1.82, 2.24) is 0 Å². The van der Waals surface area contributed by atoms with Crippen molar-refractivity contribution in [3.63, 3.8) is 0 Å². The minimum Gasteiger partial charge on any atom is -0.469 e. The maximum Gasteiger partial charge on any atom is 0.305 e. The van der Waals surface area contributed by atoms with Crippen molar-refractivity contribution >= 4 is 5.97 Å². The molecule has 2 unspecified atom stereocenters.